The summed E-state index contributed by atoms with van der Waals surface area (Å²) in [6.45, 7) is 2.55. The van der Waals surface area contributed by atoms with Crippen LogP contribution in [0.2, 0.25) is 0 Å². The lowest BCUT2D eigenvalue weighted by atomic mass is 10.2. The van der Waals surface area contributed by atoms with E-state index in [1.54, 1.807) is 18.3 Å². The Balaban J connectivity index is 2.53. The first-order chi connectivity index (χ1) is 8.65. The van der Waals surface area contributed by atoms with Crippen molar-refractivity contribution in [3.8, 4) is 5.88 Å². The number of hydrogen-bond acceptors (Lipinski definition) is 4. The fourth-order valence-corrected chi connectivity index (χ4v) is 1.35. The van der Waals surface area contributed by atoms with Crippen LogP contribution in [0.3, 0.4) is 0 Å². The summed E-state index contributed by atoms with van der Waals surface area (Å²) in [7, 11) is 0. The summed E-state index contributed by atoms with van der Waals surface area (Å²) >= 11 is 0. The summed E-state index contributed by atoms with van der Waals surface area (Å²) in [5.41, 5.74) is 0.356. The topological polar surface area (TPSA) is 88.5 Å². The van der Waals surface area contributed by atoms with Crippen molar-refractivity contribution in [1.82, 2.24) is 10.3 Å². The summed E-state index contributed by atoms with van der Waals surface area (Å²) in [6, 6.07) is 3.26. The zero-order valence-electron chi connectivity index (χ0n) is 10.2. The molecule has 6 heteroatoms. The highest BCUT2D eigenvalue weighted by Gasteiger charge is 2.12. The molecule has 0 aliphatic heterocycles. The zero-order valence-corrected chi connectivity index (χ0v) is 10.2. The molecule has 1 rings (SSSR count). The Morgan fingerprint density at radius 1 is 1.50 bits per heavy atom. The maximum atomic E-state index is 11.8. The first-order valence-corrected chi connectivity index (χ1v) is 5.73. The van der Waals surface area contributed by atoms with Crippen LogP contribution in [0.5, 0.6) is 5.88 Å². The molecule has 6 nitrogen and oxygen atoms in total. The molecule has 1 heterocycles. The summed E-state index contributed by atoms with van der Waals surface area (Å²) in [4.78, 5) is 26.1. The van der Waals surface area contributed by atoms with Gasteiger partial charge in [0.15, 0.2) is 0 Å². The molecule has 0 saturated carbocycles. The van der Waals surface area contributed by atoms with Gasteiger partial charge in [0.25, 0.3) is 5.91 Å². The van der Waals surface area contributed by atoms with Crippen molar-refractivity contribution >= 4 is 11.9 Å². The Morgan fingerprint density at radius 3 is 2.94 bits per heavy atom. The number of aromatic nitrogens is 1. The van der Waals surface area contributed by atoms with Crippen molar-refractivity contribution in [3.63, 3.8) is 0 Å². The van der Waals surface area contributed by atoms with Gasteiger partial charge in [-0.3, -0.25) is 9.59 Å². The van der Waals surface area contributed by atoms with Crippen molar-refractivity contribution < 1.29 is 19.4 Å². The van der Waals surface area contributed by atoms with E-state index in [1.807, 2.05) is 6.92 Å². The van der Waals surface area contributed by atoms with E-state index in [4.69, 9.17) is 9.84 Å². The van der Waals surface area contributed by atoms with Crippen LogP contribution < -0.4 is 10.1 Å². The third-order valence-corrected chi connectivity index (χ3v) is 2.15. The SMILES string of the molecule is CCOc1ncccc1C(=O)NCCCC(=O)O. The van der Waals surface area contributed by atoms with Crippen LogP contribution >= 0.6 is 0 Å². The van der Waals surface area contributed by atoms with E-state index in [-0.39, 0.29) is 18.2 Å². The van der Waals surface area contributed by atoms with Gasteiger partial charge in [-0.05, 0) is 25.5 Å². The molecule has 0 aliphatic carbocycles. The van der Waals surface area contributed by atoms with E-state index < -0.39 is 5.97 Å². The second-order valence-electron chi connectivity index (χ2n) is 3.54. The predicted octanol–water partition coefficient (Wildman–Crippen LogP) is 1.07. The molecule has 98 valence electrons. The van der Waals surface area contributed by atoms with Gasteiger partial charge in [0.05, 0.1) is 6.61 Å². The maximum Gasteiger partial charge on any atom is 0.303 e. The minimum atomic E-state index is -0.874. The number of hydrogen-bond donors (Lipinski definition) is 2. The van der Waals surface area contributed by atoms with Crippen molar-refractivity contribution in [2.75, 3.05) is 13.2 Å². The lowest BCUT2D eigenvalue weighted by Crippen LogP contribution is -2.25. The minimum Gasteiger partial charge on any atom is -0.481 e. The fraction of sp³-hybridized carbons (Fsp3) is 0.417. The molecule has 1 aromatic rings. The number of rotatable bonds is 7. The molecule has 0 aromatic carbocycles. The number of carboxylic acids is 1. The van der Waals surface area contributed by atoms with Gasteiger partial charge in [-0.25, -0.2) is 4.98 Å². The minimum absolute atomic E-state index is 0.0334. The standard InChI is InChI=1S/C12H16N2O4/c1-2-18-12-9(5-3-8-14-12)11(17)13-7-4-6-10(15)16/h3,5,8H,2,4,6-7H2,1H3,(H,13,17)(H,15,16). The predicted molar refractivity (Wildman–Crippen MR) is 64.6 cm³/mol. The van der Waals surface area contributed by atoms with Gasteiger partial charge < -0.3 is 15.2 Å². The molecular formula is C12H16N2O4. The molecular weight excluding hydrogens is 236 g/mol. The molecule has 1 aromatic heterocycles. The summed E-state index contributed by atoms with van der Waals surface area (Å²) in [6.07, 6.45) is 1.98. The highest BCUT2D eigenvalue weighted by atomic mass is 16.5. The number of carboxylic acid groups (broad SMARTS) is 1. The number of carbonyl (C=O) groups is 2. The zero-order chi connectivity index (χ0) is 13.4. The van der Waals surface area contributed by atoms with Crippen LogP contribution in [-0.2, 0) is 4.79 Å². The molecule has 0 unspecified atom stereocenters. The van der Waals surface area contributed by atoms with Gasteiger partial charge in [0.1, 0.15) is 5.56 Å². The van der Waals surface area contributed by atoms with E-state index in [9.17, 15) is 9.59 Å². The largest absolute Gasteiger partial charge is 0.481 e. The third kappa shape index (κ3) is 4.40. The van der Waals surface area contributed by atoms with Crippen LogP contribution in [0.1, 0.15) is 30.1 Å². The van der Waals surface area contributed by atoms with Gasteiger partial charge >= 0.3 is 5.97 Å². The number of ether oxygens (including phenoxy) is 1. The molecule has 18 heavy (non-hydrogen) atoms. The molecule has 0 spiro atoms. The summed E-state index contributed by atoms with van der Waals surface area (Å²) in [5, 5.41) is 11.1. The van der Waals surface area contributed by atoms with Gasteiger partial charge in [-0.15, -0.1) is 0 Å². The summed E-state index contributed by atoms with van der Waals surface area (Å²) in [5.74, 6) is -0.895. The van der Waals surface area contributed by atoms with Crippen molar-refractivity contribution in [1.29, 1.82) is 0 Å². The Bertz CT molecular complexity index is 420. The monoisotopic (exact) mass is 252 g/mol. The highest BCUT2D eigenvalue weighted by molar-refractivity contribution is 5.96. The smallest absolute Gasteiger partial charge is 0.303 e. The molecule has 2 N–H and O–H groups in total. The van der Waals surface area contributed by atoms with Crippen LogP contribution in [0.15, 0.2) is 18.3 Å². The van der Waals surface area contributed by atoms with Crippen LogP contribution in [-0.4, -0.2) is 35.1 Å². The molecule has 1 amide bonds. The van der Waals surface area contributed by atoms with Gasteiger partial charge in [-0.2, -0.15) is 0 Å². The number of carbonyl (C=O) groups excluding carboxylic acids is 1. The Kier molecular flexibility index (Phi) is 5.63. The molecule has 0 bridgehead atoms. The van der Waals surface area contributed by atoms with E-state index in [0.29, 0.717) is 25.1 Å². The van der Waals surface area contributed by atoms with Gasteiger partial charge in [-0.1, -0.05) is 0 Å². The van der Waals surface area contributed by atoms with Crippen molar-refractivity contribution in [2.24, 2.45) is 0 Å². The van der Waals surface area contributed by atoms with E-state index in [1.165, 1.54) is 0 Å². The van der Waals surface area contributed by atoms with Crippen LogP contribution in [0.25, 0.3) is 0 Å². The van der Waals surface area contributed by atoms with Gasteiger partial charge in [0, 0.05) is 19.2 Å². The molecule has 0 saturated heterocycles. The normalized spacial score (nSPS) is 9.83. The Labute approximate surface area is 105 Å². The lowest BCUT2D eigenvalue weighted by molar-refractivity contribution is -0.137. The average Bonchev–Trinajstić information content (AvgIpc) is 2.35. The molecule has 0 fully saturated rings. The fourth-order valence-electron chi connectivity index (χ4n) is 1.35. The van der Waals surface area contributed by atoms with Gasteiger partial charge in [0.2, 0.25) is 5.88 Å². The second kappa shape index (κ2) is 7.26. The molecule has 0 radical (unpaired) electrons. The second-order valence-corrected chi connectivity index (χ2v) is 3.54. The highest BCUT2D eigenvalue weighted by Crippen LogP contribution is 2.13. The number of amides is 1. The summed E-state index contributed by atoms with van der Waals surface area (Å²) < 4.78 is 5.24. The van der Waals surface area contributed by atoms with E-state index >= 15 is 0 Å². The van der Waals surface area contributed by atoms with Crippen LogP contribution in [0, 0.1) is 0 Å². The first-order valence-electron chi connectivity index (χ1n) is 5.73. The lowest BCUT2D eigenvalue weighted by Gasteiger charge is -2.08. The van der Waals surface area contributed by atoms with Crippen LogP contribution in [0.4, 0.5) is 0 Å². The number of aliphatic carboxylic acids is 1. The quantitative estimate of drug-likeness (QED) is 0.709. The average molecular weight is 252 g/mol. The van der Waals surface area contributed by atoms with E-state index in [2.05, 4.69) is 10.3 Å². The van der Waals surface area contributed by atoms with E-state index in [0.717, 1.165) is 0 Å². The number of nitrogens with zero attached hydrogens (tertiary/aromatic N) is 1. The molecule has 0 aliphatic rings. The Hall–Kier alpha value is -2.11. The Morgan fingerprint density at radius 2 is 2.28 bits per heavy atom. The third-order valence-electron chi connectivity index (χ3n) is 2.15. The number of pyridine rings is 1. The van der Waals surface area contributed by atoms with Crippen molar-refractivity contribution in [2.45, 2.75) is 19.8 Å². The maximum absolute atomic E-state index is 11.8. The van der Waals surface area contributed by atoms with Crippen molar-refractivity contribution in [3.05, 3.63) is 23.9 Å². The first kappa shape index (κ1) is 14.0. The number of nitrogens with one attached hydrogen (secondary N) is 1. The molecule has 0 atom stereocenters.